The molecular formula is C12H15ClN2O3. The van der Waals surface area contributed by atoms with Crippen molar-refractivity contribution < 1.29 is 9.66 Å². The van der Waals surface area contributed by atoms with Gasteiger partial charge >= 0.3 is 0 Å². The Morgan fingerprint density at radius 1 is 1.39 bits per heavy atom. The van der Waals surface area contributed by atoms with Gasteiger partial charge in [0.1, 0.15) is 12.4 Å². The fourth-order valence-electron chi connectivity index (χ4n) is 2.01. The number of nitro groups is 1. The molecule has 0 aromatic heterocycles. The predicted octanol–water partition coefficient (Wildman–Crippen LogP) is 2.72. The SMILES string of the molecule is O=[N+]([O-])c1ccc(OCCN2CCCC2)c(Cl)c1. The van der Waals surface area contributed by atoms with Gasteiger partial charge in [-0.1, -0.05) is 11.6 Å². The van der Waals surface area contributed by atoms with E-state index < -0.39 is 4.92 Å². The number of rotatable bonds is 5. The van der Waals surface area contributed by atoms with Crippen LogP contribution in [0, 0.1) is 10.1 Å². The summed E-state index contributed by atoms with van der Waals surface area (Å²) in [5, 5.41) is 10.8. The van der Waals surface area contributed by atoms with Gasteiger partial charge in [0.05, 0.1) is 9.95 Å². The number of likely N-dealkylation sites (tertiary alicyclic amines) is 1. The molecule has 1 aliphatic heterocycles. The fourth-order valence-corrected chi connectivity index (χ4v) is 2.24. The van der Waals surface area contributed by atoms with Crippen molar-refractivity contribution in [3.05, 3.63) is 33.3 Å². The number of ether oxygens (including phenoxy) is 1. The lowest BCUT2D eigenvalue weighted by Crippen LogP contribution is -2.25. The van der Waals surface area contributed by atoms with Crippen LogP contribution in [0.25, 0.3) is 0 Å². The minimum atomic E-state index is -0.472. The van der Waals surface area contributed by atoms with Crippen LogP contribution in [0.3, 0.4) is 0 Å². The number of nitro benzene ring substituents is 1. The second kappa shape index (κ2) is 6.02. The van der Waals surface area contributed by atoms with E-state index in [1.807, 2.05) is 0 Å². The van der Waals surface area contributed by atoms with Crippen molar-refractivity contribution in [1.82, 2.24) is 4.90 Å². The molecule has 0 radical (unpaired) electrons. The number of halogens is 1. The van der Waals surface area contributed by atoms with Gasteiger partial charge in [0.25, 0.3) is 5.69 Å². The Morgan fingerprint density at radius 2 is 2.11 bits per heavy atom. The molecule has 0 unspecified atom stereocenters. The molecular weight excluding hydrogens is 256 g/mol. The van der Waals surface area contributed by atoms with E-state index in [1.54, 1.807) is 6.07 Å². The van der Waals surface area contributed by atoms with Crippen molar-refractivity contribution in [1.29, 1.82) is 0 Å². The Bertz CT molecular complexity index is 433. The Balaban J connectivity index is 1.87. The molecule has 1 aromatic carbocycles. The van der Waals surface area contributed by atoms with Gasteiger partial charge in [-0.2, -0.15) is 0 Å². The normalized spacial score (nSPS) is 15.8. The highest BCUT2D eigenvalue weighted by Crippen LogP contribution is 2.28. The van der Waals surface area contributed by atoms with Crippen molar-refractivity contribution in [3.8, 4) is 5.75 Å². The third-order valence-electron chi connectivity index (χ3n) is 2.99. The first-order valence-electron chi connectivity index (χ1n) is 5.96. The molecule has 18 heavy (non-hydrogen) atoms. The summed E-state index contributed by atoms with van der Waals surface area (Å²) < 4.78 is 5.54. The van der Waals surface area contributed by atoms with E-state index in [0.717, 1.165) is 19.6 Å². The first-order chi connectivity index (χ1) is 8.66. The van der Waals surface area contributed by atoms with Crippen LogP contribution in [0.4, 0.5) is 5.69 Å². The zero-order chi connectivity index (χ0) is 13.0. The minimum absolute atomic E-state index is 0.0214. The van der Waals surface area contributed by atoms with E-state index >= 15 is 0 Å². The number of nitrogens with zero attached hydrogens (tertiary/aromatic N) is 2. The van der Waals surface area contributed by atoms with E-state index in [9.17, 15) is 10.1 Å². The highest BCUT2D eigenvalue weighted by molar-refractivity contribution is 6.32. The quantitative estimate of drug-likeness (QED) is 0.610. The molecule has 0 aliphatic carbocycles. The minimum Gasteiger partial charge on any atom is -0.491 e. The summed E-state index contributed by atoms with van der Waals surface area (Å²) in [5.41, 5.74) is -0.0214. The molecule has 0 spiro atoms. The molecule has 1 aromatic rings. The maximum Gasteiger partial charge on any atom is 0.271 e. The molecule has 1 fully saturated rings. The lowest BCUT2D eigenvalue weighted by molar-refractivity contribution is -0.384. The highest BCUT2D eigenvalue weighted by Gasteiger charge is 2.13. The second-order valence-electron chi connectivity index (χ2n) is 4.27. The van der Waals surface area contributed by atoms with Gasteiger partial charge < -0.3 is 4.74 Å². The van der Waals surface area contributed by atoms with Crippen LogP contribution < -0.4 is 4.74 Å². The molecule has 0 bridgehead atoms. The van der Waals surface area contributed by atoms with E-state index in [0.29, 0.717) is 12.4 Å². The number of hydrogen-bond acceptors (Lipinski definition) is 4. The highest BCUT2D eigenvalue weighted by atomic mass is 35.5. The van der Waals surface area contributed by atoms with Gasteiger partial charge in [-0.15, -0.1) is 0 Å². The molecule has 2 rings (SSSR count). The van der Waals surface area contributed by atoms with E-state index in [1.165, 1.54) is 25.0 Å². The first-order valence-corrected chi connectivity index (χ1v) is 6.34. The van der Waals surface area contributed by atoms with Gasteiger partial charge in [0.15, 0.2) is 0 Å². The molecule has 1 aliphatic rings. The molecule has 6 heteroatoms. The van der Waals surface area contributed by atoms with E-state index in [4.69, 9.17) is 16.3 Å². The van der Waals surface area contributed by atoms with Gasteiger partial charge in [-0.3, -0.25) is 15.0 Å². The van der Waals surface area contributed by atoms with Crippen molar-refractivity contribution in [3.63, 3.8) is 0 Å². The molecule has 98 valence electrons. The standard InChI is InChI=1S/C12H15ClN2O3/c13-11-9-10(15(16)17)3-4-12(11)18-8-7-14-5-1-2-6-14/h3-4,9H,1-2,5-8H2. The predicted molar refractivity (Wildman–Crippen MR) is 69.3 cm³/mol. The van der Waals surface area contributed by atoms with Crippen molar-refractivity contribution in [2.45, 2.75) is 12.8 Å². The Labute approximate surface area is 110 Å². The Kier molecular flexibility index (Phi) is 4.38. The van der Waals surface area contributed by atoms with Crippen molar-refractivity contribution >= 4 is 17.3 Å². The average molecular weight is 271 g/mol. The Morgan fingerprint density at radius 3 is 2.72 bits per heavy atom. The molecule has 5 nitrogen and oxygen atoms in total. The summed E-state index contributed by atoms with van der Waals surface area (Å²) in [6.07, 6.45) is 2.50. The lowest BCUT2D eigenvalue weighted by Gasteiger charge is -2.15. The first kappa shape index (κ1) is 13.1. The molecule has 0 amide bonds. The summed E-state index contributed by atoms with van der Waals surface area (Å²) in [6.45, 7) is 3.67. The average Bonchev–Trinajstić information content (AvgIpc) is 2.84. The van der Waals surface area contributed by atoms with Gasteiger partial charge in [0.2, 0.25) is 0 Å². The fraction of sp³-hybridized carbons (Fsp3) is 0.500. The topological polar surface area (TPSA) is 55.6 Å². The monoisotopic (exact) mass is 270 g/mol. The summed E-state index contributed by atoms with van der Waals surface area (Å²) in [4.78, 5) is 12.4. The van der Waals surface area contributed by atoms with Gasteiger partial charge in [-0.05, 0) is 32.0 Å². The summed E-state index contributed by atoms with van der Waals surface area (Å²) in [6, 6.07) is 4.26. The third kappa shape index (κ3) is 3.34. The summed E-state index contributed by atoms with van der Waals surface area (Å²) in [7, 11) is 0. The van der Waals surface area contributed by atoms with Crippen LogP contribution in [0.1, 0.15) is 12.8 Å². The zero-order valence-electron chi connectivity index (χ0n) is 9.97. The van der Waals surface area contributed by atoms with Crippen LogP contribution in [0.15, 0.2) is 18.2 Å². The number of benzene rings is 1. The molecule has 1 saturated heterocycles. The lowest BCUT2D eigenvalue weighted by atomic mass is 10.3. The second-order valence-corrected chi connectivity index (χ2v) is 4.68. The maximum absolute atomic E-state index is 10.6. The van der Waals surface area contributed by atoms with E-state index in [2.05, 4.69) is 4.90 Å². The summed E-state index contributed by atoms with van der Waals surface area (Å²) >= 11 is 5.93. The van der Waals surface area contributed by atoms with Crippen molar-refractivity contribution in [2.24, 2.45) is 0 Å². The molecule has 0 N–H and O–H groups in total. The Hall–Kier alpha value is -1.33. The number of non-ortho nitro benzene ring substituents is 1. The van der Waals surface area contributed by atoms with Gasteiger partial charge in [-0.25, -0.2) is 0 Å². The van der Waals surface area contributed by atoms with E-state index in [-0.39, 0.29) is 10.7 Å². The molecule has 0 saturated carbocycles. The van der Waals surface area contributed by atoms with Crippen LogP contribution in [-0.2, 0) is 0 Å². The van der Waals surface area contributed by atoms with Crippen LogP contribution in [-0.4, -0.2) is 36.1 Å². The molecule has 1 heterocycles. The number of hydrogen-bond donors (Lipinski definition) is 0. The van der Waals surface area contributed by atoms with Crippen molar-refractivity contribution in [2.75, 3.05) is 26.2 Å². The molecule has 0 atom stereocenters. The largest absolute Gasteiger partial charge is 0.491 e. The maximum atomic E-state index is 10.6. The van der Waals surface area contributed by atoms with Gasteiger partial charge in [0, 0.05) is 18.7 Å². The zero-order valence-corrected chi connectivity index (χ0v) is 10.7. The smallest absolute Gasteiger partial charge is 0.271 e. The van der Waals surface area contributed by atoms with Crippen LogP contribution in [0.2, 0.25) is 5.02 Å². The van der Waals surface area contributed by atoms with Crippen LogP contribution >= 0.6 is 11.6 Å². The third-order valence-corrected chi connectivity index (χ3v) is 3.29. The van der Waals surface area contributed by atoms with Crippen LogP contribution in [0.5, 0.6) is 5.75 Å². The summed E-state index contributed by atoms with van der Waals surface area (Å²) in [5.74, 6) is 0.501.